The largest absolute Gasteiger partial charge is 0.501 e. The summed E-state index contributed by atoms with van der Waals surface area (Å²) in [5.74, 6) is -1.66. The highest BCUT2D eigenvalue weighted by Crippen LogP contribution is 2.17. The van der Waals surface area contributed by atoms with Crippen LogP contribution in [0.3, 0.4) is 0 Å². The number of hydrogen-bond acceptors (Lipinski definition) is 6. The fourth-order valence-corrected chi connectivity index (χ4v) is 2.66. The molecule has 0 spiro atoms. The number of aliphatic hydroxyl groups is 1. The highest BCUT2D eigenvalue weighted by Gasteiger charge is 2.27. The smallest absolute Gasteiger partial charge is 0.296 e. The Morgan fingerprint density at radius 1 is 1.40 bits per heavy atom. The van der Waals surface area contributed by atoms with Gasteiger partial charge in [0.05, 0.1) is 12.6 Å². The molecular weight excluding hydrogens is 331 g/mol. The Morgan fingerprint density at radius 2 is 2.12 bits per heavy atom. The fraction of sp³-hybridized carbons (Fsp3) is 0.312. The molecule has 1 aromatic heterocycles. The summed E-state index contributed by atoms with van der Waals surface area (Å²) in [5, 5.41) is 24.9. The molecule has 0 aliphatic carbocycles. The van der Waals surface area contributed by atoms with Crippen molar-refractivity contribution < 1.29 is 19.4 Å². The van der Waals surface area contributed by atoms with Gasteiger partial charge in [-0.25, -0.2) is 9.37 Å². The average Bonchev–Trinajstić information content (AvgIpc) is 2.63. The summed E-state index contributed by atoms with van der Waals surface area (Å²) >= 11 is 0. The Bertz CT molecular complexity index is 850. The van der Waals surface area contributed by atoms with Crippen molar-refractivity contribution in [2.24, 2.45) is 0 Å². The molecule has 0 saturated carbocycles. The zero-order valence-corrected chi connectivity index (χ0v) is 13.2. The number of aliphatic hydroxyl groups excluding tert-OH is 1. The van der Waals surface area contributed by atoms with Crippen LogP contribution in [0.5, 0.6) is 5.75 Å². The Morgan fingerprint density at radius 3 is 2.80 bits per heavy atom. The van der Waals surface area contributed by atoms with Gasteiger partial charge in [0.25, 0.3) is 11.5 Å². The fourth-order valence-electron chi connectivity index (χ4n) is 2.66. The number of amides is 1. The lowest BCUT2D eigenvalue weighted by atomic mass is 10.2. The lowest BCUT2D eigenvalue weighted by molar-refractivity contribution is 0.0940. The molecule has 132 valence electrons. The normalized spacial score (nSPS) is 16.3. The topological polar surface area (TPSA) is 116 Å². The summed E-state index contributed by atoms with van der Waals surface area (Å²) in [6.45, 7) is 0.506. The Balaban J connectivity index is 1.86. The van der Waals surface area contributed by atoms with Crippen molar-refractivity contribution in [2.75, 3.05) is 13.2 Å². The second-order valence-corrected chi connectivity index (χ2v) is 5.62. The Labute approximate surface area is 141 Å². The number of rotatable bonds is 4. The first-order chi connectivity index (χ1) is 12.0. The summed E-state index contributed by atoms with van der Waals surface area (Å²) in [5.41, 5.74) is -0.476. The first-order valence-electron chi connectivity index (χ1n) is 7.72. The van der Waals surface area contributed by atoms with Gasteiger partial charge in [-0.05, 0) is 17.7 Å². The van der Waals surface area contributed by atoms with Crippen LogP contribution in [0.15, 0.2) is 29.1 Å². The minimum absolute atomic E-state index is 0.0837. The lowest BCUT2D eigenvalue weighted by Crippen LogP contribution is -2.43. The van der Waals surface area contributed by atoms with Crippen LogP contribution in [-0.2, 0) is 13.1 Å². The van der Waals surface area contributed by atoms with Gasteiger partial charge >= 0.3 is 0 Å². The van der Waals surface area contributed by atoms with Crippen LogP contribution in [0, 0.1) is 5.82 Å². The van der Waals surface area contributed by atoms with Crippen molar-refractivity contribution in [3.63, 3.8) is 0 Å². The van der Waals surface area contributed by atoms with E-state index in [9.17, 15) is 24.2 Å². The standard InChI is InChI=1S/C16H17FN4O4/c17-10-3-1-9(2-4-10)7-19-15(24)12-13(23)16(25)21-6-5-18-11(8-22)14(21)20-12/h1-4,11,18,22-23H,5-8H2,(H,19,24). The van der Waals surface area contributed by atoms with E-state index in [1.807, 2.05) is 0 Å². The summed E-state index contributed by atoms with van der Waals surface area (Å²) in [6, 6.07) is 4.96. The number of nitrogens with one attached hydrogen (secondary N) is 2. The molecule has 1 amide bonds. The molecule has 1 atom stereocenters. The van der Waals surface area contributed by atoms with Gasteiger partial charge in [0.1, 0.15) is 11.6 Å². The average molecular weight is 348 g/mol. The van der Waals surface area contributed by atoms with E-state index in [0.717, 1.165) is 0 Å². The molecule has 0 fully saturated rings. The number of aromatic nitrogens is 2. The predicted octanol–water partition coefficient (Wildman–Crippen LogP) is -0.345. The van der Waals surface area contributed by atoms with Crippen molar-refractivity contribution in [1.29, 1.82) is 0 Å². The van der Waals surface area contributed by atoms with E-state index in [0.29, 0.717) is 12.1 Å². The third-order valence-corrected chi connectivity index (χ3v) is 3.98. The third-order valence-electron chi connectivity index (χ3n) is 3.98. The molecule has 4 N–H and O–H groups in total. The van der Waals surface area contributed by atoms with Gasteiger partial charge in [0, 0.05) is 19.6 Å². The molecule has 0 bridgehead atoms. The van der Waals surface area contributed by atoms with Crippen molar-refractivity contribution in [1.82, 2.24) is 20.2 Å². The molecule has 1 aliphatic rings. The molecule has 2 heterocycles. The molecule has 0 radical (unpaired) electrons. The molecule has 0 saturated heterocycles. The molecule has 1 aromatic carbocycles. The minimum atomic E-state index is -0.737. The number of carbonyl (C=O) groups is 1. The number of benzene rings is 1. The van der Waals surface area contributed by atoms with E-state index in [1.54, 1.807) is 0 Å². The minimum Gasteiger partial charge on any atom is -0.501 e. The van der Waals surface area contributed by atoms with E-state index in [-0.39, 0.29) is 31.3 Å². The monoisotopic (exact) mass is 348 g/mol. The van der Waals surface area contributed by atoms with Crippen molar-refractivity contribution in [3.8, 4) is 5.75 Å². The number of aromatic hydroxyl groups is 1. The Kier molecular flexibility index (Phi) is 4.77. The SMILES string of the molecule is O=C(NCc1ccc(F)cc1)c1nc2n(c(=O)c1O)CCNC2CO. The van der Waals surface area contributed by atoms with Crippen LogP contribution in [0.1, 0.15) is 27.9 Å². The van der Waals surface area contributed by atoms with Crippen LogP contribution in [0.4, 0.5) is 4.39 Å². The van der Waals surface area contributed by atoms with E-state index >= 15 is 0 Å². The summed E-state index contributed by atoms with van der Waals surface area (Å²) in [7, 11) is 0. The van der Waals surface area contributed by atoms with Gasteiger partial charge in [-0.1, -0.05) is 12.1 Å². The van der Waals surface area contributed by atoms with Crippen molar-refractivity contribution in [3.05, 3.63) is 57.5 Å². The Hall–Kier alpha value is -2.78. The van der Waals surface area contributed by atoms with Crippen LogP contribution in [-0.4, -0.2) is 38.8 Å². The molecule has 9 heteroatoms. The van der Waals surface area contributed by atoms with Gasteiger partial charge < -0.3 is 20.8 Å². The predicted molar refractivity (Wildman–Crippen MR) is 85.6 cm³/mol. The quantitative estimate of drug-likeness (QED) is 0.600. The zero-order chi connectivity index (χ0) is 18.0. The molecule has 25 heavy (non-hydrogen) atoms. The van der Waals surface area contributed by atoms with Gasteiger partial charge in [0.2, 0.25) is 5.75 Å². The van der Waals surface area contributed by atoms with Gasteiger partial charge in [-0.15, -0.1) is 0 Å². The molecule has 2 aromatic rings. The van der Waals surface area contributed by atoms with E-state index in [2.05, 4.69) is 15.6 Å². The van der Waals surface area contributed by atoms with Gasteiger partial charge in [-0.2, -0.15) is 0 Å². The number of nitrogens with zero attached hydrogens (tertiary/aromatic N) is 2. The first kappa shape index (κ1) is 17.1. The van der Waals surface area contributed by atoms with Crippen molar-refractivity contribution in [2.45, 2.75) is 19.1 Å². The highest BCUT2D eigenvalue weighted by molar-refractivity contribution is 5.94. The number of fused-ring (bicyclic) bond motifs is 1. The van der Waals surface area contributed by atoms with Gasteiger partial charge in [-0.3, -0.25) is 14.2 Å². The van der Waals surface area contributed by atoms with Gasteiger partial charge in [0.15, 0.2) is 5.69 Å². The molecule has 1 aliphatic heterocycles. The molecule has 3 rings (SSSR count). The number of halogens is 1. The summed E-state index contributed by atoms with van der Waals surface area (Å²) < 4.78 is 14.1. The van der Waals surface area contributed by atoms with E-state index in [4.69, 9.17) is 0 Å². The lowest BCUT2D eigenvalue weighted by Gasteiger charge is -2.26. The first-order valence-corrected chi connectivity index (χ1v) is 7.72. The second-order valence-electron chi connectivity index (χ2n) is 5.62. The number of carbonyl (C=O) groups excluding carboxylic acids is 1. The maximum Gasteiger partial charge on any atom is 0.296 e. The second kappa shape index (κ2) is 6.99. The van der Waals surface area contributed by atoms with Crippen LogP contribution in [0.2, 0.25) is 0 Å². The van der Waals surface area contributed by atoms with E-state index < -0.39 is 29.0 Å². The van der Waals surface area contributed by atoms with Crippen molar-refractivity contribution >= 4 is 5.91 Å². The molecule has 1 unspecified atom stereocenters. The molecular formula is C16H17FN4O4. The maximum atomic E-state index is 12.9. The zero-order valence-electron chi connectivity index (χ0n) is 13.2. The van der Waals surface area contributed by atoms with Crippen LogP contribution >= 0.6 is 0 Å². The van der Waals surface area contributed by atoms with E-state index in [1.165, 1.54) is 28.8 Å². The highest BCUT2D eigenvalue weighted by atomic mass is 19.1. The third kappa shape index (κ3) is 3.37. The summed E-state index contributed by atoms with van der Waals surface area (Å²) in [6.07, 6.45) is 0. The van der Waals surface area contributed by atoms with Crippen LogP contribution in [0.25, 0.3) is 0 Å². The summed E-state index contributed by atoms with van der Waals surface area (Å²) in [4.78, 5) is 28.6. The maximum absolute atomic E-state index is 12.9. The molecule has 8 nitrogen and oxygen atoms in total. The van der Waals surface area contributed by atoms with Crippen LogP contribution < -0.4 is 16.2 Å². The number of hydrogen-bond donors (Lipinski definition) is 4.